The second-order valence-corrected chi connectivity index (χ2v) is 8.90. The van der Waals surface area contributed by atoms with Crippen LogP contribution in [0, 0.1) is 0 Å². The molecule has 0 radical (unpaired) electrons. The number of amides is 2. The minimum Gasteiger partial charge on any atom is -0.490 e. The number of benzene rings is 2. The maximum absolute atomic E-state index is 12.5. The molecule has 1 heterocycles. The van der Waals surface area contributed by atoms with Crippen molar-refractivity contribution < 1.29 is 27.5 Å². The summed E-state index contributed by atoms with van der Waals surface area (Å²) in [5, 5.41) is 5.46. The van der Waals surface area contributed by atoms with E-state index in [1.165, 1.54) is 25.1 Å². The van der Waals surface area contributed by atoms with Crippen molar-refractivity contribution in [2.45, 2.75) is 24.7 Å². The van der Waals surface area contributed by atoms with Crippen molar-refractivity contribution in [1.29, 1.82) is 0 Å². The Balaban J connectivity index is 1.54. The first-order valence-corrected chi connectivity index (χ1v) is 11.4. The van der Waals surface area contributed by atoms with Crippen molar-refractivity contribution in [2.75, 3.05) is 30.4 Å². The Hall–Kier alpha value is -2.82. The number of carbonyl (C=O) groups is 2. The lowest BCUT2D eigenvalue weighted by atomic mass is 10.2. The zero-order valence-electron chi connectivity index (χ0n) is 16.7. The van der Waals surface area contributed by atoms with Crippen LogP contribution in [0.3, 0.4) is 0 Å². The van der Waals surface area contributed by atoms with E-state index in [4.69, 9.17) is 21.1 Å². The molecule has 9 nitrogen and oxygen atoms in total. The molecule has 1 aliphatic heterocycles. The first-order chi connectivity index (χ1) is 14.7. The molecule has 0 aliphatic carbocycles. The first kappa shape index (κ1) is 22.9. The Morgan fingerprint density at radius 1 is 1.03 bits per heavy atom. The molecule has 2 aromatic rings. The molecular formula is C20H22ClN3O6S. The van der Waals surface area contributed by atoms with Crippen molar-refractivity contribution in [3.05, 3.63) is 41.4 Å². The van der Waals surface area contributed by atoms with Crippen LogP contribution < -0.4 is 24.8 Å². The fourth-order valence-corrected chi connectivity index (χ4v) is 4.08. The fraction of sp³-hybridized carbons (Fsp3) is 0.300. The van der Waals surface area contributed by atoms with Gasteiger partial charge in [-0.3, -0.25) is 9.59 Å². The van der Waals surface area contributed by atoms with Gasteiger partial charge in [-0.1, -0.05) is 11.6 Å². The molecule has 3 N–H and O–H groups in total. The maximum Gasteiger partial charge on any atom is 0.240 e. The minimum atomic E-state index is -3.82. The Labute approximate surface area is 185 Å². The van der Waals surface area contributed by atoms with Crippen LogP contribution in [0.2, 0.25) is 5.02 Å². The number of halogens is 1. The molecule has 2 aromatic carbocycles. The van der Waals surface area contributed by atoms with E-state index in [2.05, 4.69) is 15.4 Å². The molecule has 1 aliphatic rings. The summed E-state index contributed by atoms with van der Waals surface area (Å²) < 4.78 is 38.5. The lowest BCUT2D eigenvalue weighted by Crippen LogP contribution is -2.27. The minimum absolute atomic E-state index is 0.0255. The monoisotopic (exact) mass is 467 g/mol. The molecule has 0 fully saturated rings. The van der Waals surface area contributed by atoms with E-state index in [0.717, 1.165) is 0 Å². The van der Waals surface area contributed by atoms with Crippen molar-refractivity contribution in [3.8, 4) is 11.5 Å². The lowest BCUT2D eigenvalue weighted by molar-refractivity contribution is -0.116. The van der Waals surface area contributed by atoms with Gasteiger partial charge in [0, 0.05) is 38.1 Å². The zero-order chi connectivity index (χ0) is 22.4. The number of fused-ring (bicyclic) bond motifs is 1. The average molecular weight is 468 g/mol. The first-order valence-electron chi connectivity index (χ1n) is 9.51. The highest BCUT2D eigenvalue weighted by atomic mass is 35.5. The summed E-state index contributed by atoms with van der Waals surface area (Å²) in [6.45, 7) is 2.22. The predicted molar refractivity (Wildman–Crippen MR) is 116 cm³/mol. The largest absolute Gasteiger partial charge is 0.490 e. The van der Waals surface area contributed by atoms with Gasteiger partial charge in [0.1, 0.15) is 0 Å². The molecule has 166 valence electrons. The number of carbonyl (C=O) groups excluding carboxylic acids is 2. The van der Waals surface area contributed by atoms with E-state index >= 15 is 0 Å². The van der Waals surface area contributed by atoms with Crippen LogP contribution in [0.1, 0.15) is 19.8 Å². The van der Waals surface area contributed by atoms with Crippen LogP contribution in [-0.2, 0) is 19.6 Å². The van der Waals surface area contributed by atoms with Gasteiger partial charge in [0.05, 0.1) is 28.8 Å². The number of rotatable bonds is 7. The van der Waals surface area contributed by atoms with E-state index in [0.29, 0.717) is 42.5 Å². The SMILES string of the molecule is CC(=O)Nc1ccc(NC(=O)CCNS(=O)(=O)c2ccc3c(c2)OCCCO3)cc1Cl. The van der Waals surface area contributed by atoms with Gasteiger partial charge in [0.25, 0.3) is 0 Å². The molecular weight excluding hydrogens is 446 g/mol. The molecule has 0 saturated heterocycles. The van der Waals surface area contributed by atoms with Gasteiger partial charge in [-0.05, 0) is 30.3 Å². The highest BCUT2D eigenvalue weighted by molar-refractivity contribution is 7.89. The molecule has 0 unspecified atom stereocenters. The smallest absolute Gasteiger partial charge is 0.240 e. The molecule has 0 saturated carbocycles. The lowest BCUT2D eigenvalue weighted by Gasteiger charge is -2.11. The maximum atomic E-state index is 12.5. The van der Waals surface area contributed by atoms with Gasteiger partial charge in [-0.15, -0.1) is 0 Å². The molecule has 3 rings (SSSR count). The summed E-state index contributed by atoms with van der Waals surface area (Å²) in [5.41, 5.74) is 0.852. The number of hydrogen-bond acceptors (Lipinski definition) is 6. The van der Waals surface area contributed by atoms with Crippen LogP contribution in [0.15, 0.2) is 41.3 Å². The predicted octanol–water partition coefficient (Wildman–Crippen LogP) is 2.77. The average Bonchev–Trinajstić information content (AvgIpc) is 2.94. The van der Waals surface area contributed by atoms with E-state index in [-0.39, 0.29) is 28.8 Å². The Morgan fingerprint density at radius 3 is 2.48 bits per heavy atom. The Kier molecular flexibility index (Phi) is 7.37. The standard InChI is InChI=1S/C20H22ClN3O6S/c1-13(25)23-17-5-3-14(11-16(17)21)24-20(26)7-8-22-31(27,28)15-4-6-18-19(12-15)30-10-2-9-29-18/h3-6,11-12,22H,2,7-10H2,1H3,(H,23,25)(H,24,26). The number of anilines is 2. The summed E-state index contributed by atoms with van der Waals surface area (Å²) >= 11 is 6.07. The molecule has 0 bridgehead atoms. The topological polar surface area (TPSA) is 123 Å². The summed E-state index contributed by atoms with van der Waals surface area (Å²) in [6.07, 6.45) is 0.625. The second-order valence-electron chi connectivity index (χ2n) is 6.73. The van der Waals surface area contributed by atoms with Gasteiger partial charge >= 0.3 is 0 Å². The number of ether oxygens (including phenoxy) is 2. The van der Waals surface area contributed by atoms with Gasteiger partial charge in [-0.25, -0.2) is 13.1 Å². The van der Waals surface area contributed by atoms with Crippen molar-refractivity contribution in [2.24, 2.45) is 0 Å². The Morgan fingerprint density at radius 2 is 1.77 bits per heavy atom. The third-order valence-electron chi connectivity index (χ3n) is 4.24. The third kappa shape index (κ3) is 6.33. The highest BCUT2D eigenvalue weighted by Gasteiger charge is 2.19. The van der Waals surface area contributed by atoms with E-state index in [1.807, 2.05) is 0 Å². The molecule has 0 atom stereocenters. The summed E-state index contributed by atoms with van der Waals surface area (Å²) in [7, 11) is -3.82. The third-order valence-corrected chi connectivity index (χ3v) is 6.01. The quantitative estimate of drug-likeness (QED) is 0.575. The van der Waals surface area contributed by atoms with Gasteiger partial charge in [-0.2, -0.15) is 0 Å². The van der Waals surface area contributed by atoms with Crippen LogP contribution in [0.5, 0.6) is 11.5 Å². The van der Waals surface area contributed by atoms with Crippen LogP contribution in [0.4, 0.5) is 11.4 Å². The van der Waals surface area contributed by atoms with Crippen LogP contribution >= 0.6 is 11.6 Å². The summed E-state index contributed by atoms with van der Waals surface area (Å²) in [6, 6.07) is 9.02. The van der Waals surface area contributed by atoms with E-state index < -0.39 is 15.9 Å². The Bertz CT molecular complexity index is 1090. The van der Waals surface area contributed by atoms with Crippen LogP contribution in [-0.4, -0.2) is 40.0 Å². The van der Waals surface area contributed by atoms with Crippen molar-refractivity contribution in [3.63, 3.8) is 0 Å². The summed E-state index contributed by atoms with van der Waals surface area (Å²) in [4.78, 5) is 23.3. The molecule has 0 aromatic heterocycles. The molecule has 11 heteroatoms. The van der Waals surface area contributed by atoms with Crippen molar-refractivity contribution >= 4 is 44.8 Å². The summed E-state index contributed by atoms with van der Waals surface area (Å²) in [5.74, 6) is 0.209. The fourth-order valence-electron chi connectivity index (χ4n) is 2.80. The number of nitrogens with one attached hydrogen (secondary N) is 3. The molecule has 2 amide bonds. The van der Waals surface area contributed by atoms with Gasteiger partial charge in [0.2, 0.25) is 21.8 Å². The van der Waals surface area contributed by atoms with Gasteiger partial charge in [0.15, 0.2) is 11.5 Å². The normalized spacial score (nSPS) is 13.2. The van der Waals surface area contributed by atoms with Gasteiger partial charge < -0.3 is 20.1 Å². The molecule has 0 spiro atoms. The highest BCUT2D eigenvalue weighted by Crippen LogP contribution is 2.31. The molecule has 31 heavy (non-hydrogen) atoms. The zero-order valence-corrected chi connectivity index (χ0v) is 18.3. The number of hydrogen-bond donors (Lipinski definition) is 3. The number of sulfonamides is 1. The van der Waals surface area contributed by atoms with E-state index in [1.54, 1.807) is 18.2 Å². The second kappa shape index (κ2) is 9.99. The van der Waals surface area contributed by atoms with Crippen LogP contribution in [0.25, 0.3) is 0 Å². The van der Waals surface area contributed by atoms with Crippen molar-refractivity contribution in [1.82, 2.24) is 4.72 Å². The van der Waals surface area contributed by atoms with E-state index in [9.17, 15) is 18.0 Å².